The maximum absolute atomic E-state index is 13.2. The van der Waals surface area contributed by atoms with Crippen LogP contribution < -0.4 is 5.43 Å². The van der Waals surface area contributed by atoms with E-state index < -0.39 is 0 Å². The smallest absolute Gasteiger partial charge is 0.267 e. The molecule has 0 saturated carbocycles. The van der Waals surface area contributed by atoms with Gasteiger partial charge in [0, 0.05) is 21.5 Å². The zero-order valence-electron chi connectivity index (χ0n) is 16.8. The number of hydrogen-bond acceptors (Lipinski definition) is 3. The average molecular weight is 426 g/mol. The van der Waals surface area contributed by atoms with Gasteiger partial charge in [0.2, 0.25) is 0 Å². The topological polar surface area (TPSA) is 54.4 Å². The third kappa shape index (κ3) is 3.94. The molecular weight excluding hydrogens is 406 g/mol. The Morgan fingerprint density at radius 1 is 0.935 bits per heavy atom. The lowest BCUT2D eigenvalue weighted by Gasteiger charge is -2.17. The number of hydrogen-bond donors (Lipinski definition) is 1. The number of amides is 1. The van der Waals surface area contributed by atoms with Crippen molar-refractivity contribution in [3.05, 3.63) is 101 Å². The van der Waals surface area contributed by atoms with Crippen molar-refractivity contribution >= 4 is 34.1 Å². The molecule has 0 unspecified atom stereocenters. The number of hydrazone groups is 1. The Bertz CT molecular complexity index is 1310. The minimum Gasteiger partial charge on any atom is -0.267 e. The fourth-order valence-corrected chi connectivity index (χ4v) is 4.15. The second kappa shape index (κ2) is 8.32. The van der Waals surface area contributed by atoms with Crippen molar-refractivity contribution in [2.45, 2.75) is 19.3 Å². The number of halogens is 1. The highest BCUT2D eigenvalue weighted by molar-refractivity contribution is 6.30. The van der Waals surface area contributed by atoms with E-state index in [1.54, 1.807) is 0 Å². The highest BCUT2D eigenvalue weighted by atomic mass is 35.5. The van der Waals surface area contributed by atoms with Crippen LogP contribution >= 0.6 is 11.6 Å². The van der Waals surface area contributed by atoms with Gasteiger partial charge < -0.3 is 0 Å². The number of rotatable bonds is 3. The van der Waals surface area contributed by atoms with Gasteiger partial charge in [-0.2, -0.15) is 5.10 Å². The Morgan fingerprint density at radius 3 is 2.58 bits per heavy atom. The van der Waals surface area contributed by atoms with Gasteiger partial charge in [0.1, 0.15) is 0 Å². The first kappa shape index (κ1) is 19.5. The predicted octanol–water partition coefficient (Wildman–Crippen LogP) is 6.03. The van der Waals surface area contributed by atoms with Crippen molar-refractivity contribution in [1.29, 1.82) is 0 Å². The monoisotopic (exact) mass is 425 g/mol. The van der Waals surface area contributed by atoms with E-state index in [0.29, 0.717) is 10.6 Å². The van der Waals surface area contributed by atoms with Crippen molar-refractivity contribution < 1.29 is 4.79 Å². The molecule has 5 heteroatoms. The zero-order chi connectivity index (χ0) is 21.2. The molecule has 1 aliphatic rings. The van der Waals surface area contributed by atoms with E-state index in [1.807, 2.05) is 66.7 Å². The number of benzene rings is 3. The van der Waals surface area contributed by atoms with E-state index in [4.69, 9.17) is 16.6 Å². The van der Waals surface area contributed by atoms with Gasteiger partial charge in [0.05, 0.1) is 22.5 Å². The van der Waals surface area contributed by atoms with E-state index in [0.717, 1.165) is 52.7 Å². The summed E-state index contributed by atoms with van der Waals surface area (Å²) < 4.78 is 0. The van der Waals surface area contributed by atoms with Crippen LogP contribution in [0.5, 0.6) is 0 Å². The molecule has 4 aromatic rings. The number of fused-ring (bicyclic) bond motifs is 2. The maximum atomic E-state index is 13.2. The fourth-order valence-electron chi connectivity index (χ4n) is 4.03. The molecule has 1 N–H and O–H groups in total. The molecule has 152 valence electrons. The molecule has 5 rings (SSSR count). The summed E-state index contributed by atoms with van der Waals surface area (Å²) in [5.41, 5.74) is 9.04. The molecule has 4 nitrogen and oxygen atoms in total. The summed E-state index contributed by atoms with van der Waals surface area (Å²) in [4.78, 5) is 17.9. The molecule has 0 spiro atoms. The highest BCUT2D eigenvalue weighted by Crippen LogP contribution is 2.26. The van der Waals surface area contributed by atoms with Crippen LogP contribution in [0, 0.1) is 0 Å². The largest absolute Gasteiger partial charge is 0.272 e. The zero-order valence-corrected chi connectivity index (χ0v) is 17.6. The van der Waals surface area contributed by atoms with Crippen LogP contribution in [0.25, 0.3) is 22.2 Å². The molecule has 1 aromatic heterocycles. The predicted molar refractivity (Wildman–Crippen MR) is 126 cm³/mol. The van der Waals surface area contributed by atoms with Crippen LogP contribution in [-0.4, -0.2) is 16.6 Å². The van der Waals surface area contributed by atoms with Crippen LogP contribution in [0.3, 0.4) is 0 Å². The molecule has 0 fully saturated rings. The van der Waals surface area contributed by atoms with Gasteiger partial charge in [-0.15, -0.1) is 0 Å². The number of para-hydroxylation sites is 1. The number of carbonyl (C=O) groups is 1. The summed E-state index contributed by atoms with van der Waals surface area (Å²) in [6, 6.07) is 25.2. The van der Waals surface area contributed by atoms with Crippen molar-refractivity contribution in [2.24, 2.45) is 5.10 Å². The minimum absolute atomic E-state index is 0.246. The van der Waals surface area contributed by atoms with Crippen LogP contribution in [0.15, 0.2) is 84.0 Å². The van der Waals surface area contributed by atoms with Crippen molar-refractivity contribution in [3.63, 3.8) is 0 Å². The molecule has 0 aliphatic heterocycles. The molecule has 31 heavy (non-hydrogen) atoms. The van der Waals surface area contributed by atoms with Crippen LogP contribution in [0.4, 0.5) is 0 Å². The van der Waals surface area contributed by atoms with Crippen molar-refractivity contribution in [3.8, 4) is 11.3 Å². The van der Waals surface area contributed by atoms with E-state index >= 15 is 0 Å². The van der Waals surface area contributed by atoms with E-state index in [1.165, 1.54) is 5.56 Å². The number of carbonyl (C=O) groups excluding carboxylic acids is 1. The summed E-state index contributed by atoms with van der Waals surface area (Å²) in [6.45, 7) is 0. The van der Waals surface area contributed by atoms with E-state index in [-0.39, 0.29) is 5.91 Å². The maximum Gasteiger partial charge on any atom is 0.272 e. The Hall–Kier alpha value is -3.50. The first-order valence-electron chi connectivity index (χ1n) is 10.3. The van der Waals surface area contributed by atoms with Gasteiger partial charge in [-0.1, -0.05) is 66.2 Å². The first-order valence-corrected chi connectivity index (χ1v) is 10.7. The number of aryl methyl sites for hydroxylation is 1. The van der Waals surface area contributed by atoms with Gasteiger partial charge >= 0.3 is 0 Å². The summed E-state index contributed by atoms with van der Waals surface area (Å²) in [5.74, 6) is -0.246. The Balaban J connectivity index is 1.52. The second-order valence-corrected chi connectivity index (χ2v) is 8.03. The Kier molecular flexibility index (Phi) is 5.23. The van der Waals surface area contributed by atoms with E-state index in [2.05, 4.69) is 22.7 Å². The lowest BCUT2D eigenvalue weighted by atomic mass is 9.90. The molecule has 1 aliphatic carbocycles. The van der Waals surface area contributed by atoms with Gasteiger partial charge in [-0.25, -0.2) is 10.4 Å². The fraction of sp³-hybridized carbons (Fsp3) is 0.115. The average Bonchev–Trinajstić information content (AvgIpc) is 2.82. The minimum atomic E-state index is -0.246. The summed E-state index contributed by atoms with van der Waals surface area (Å²) in [7, 11) is 0. The van der Waals surface area contributed by atoms with E-state index in [9.17, 15) is 4.79 Å². The first-order chi connectivity index (χ1) is 15.2. The van der Waals surface area contributed by atoms with Gasteiger partial charge in [-0.05, 0) is 49.1 Å². The molecule has 1 heterocycles. The molecule has 0 bridgehead atoms. The van der Waals surface area contributed by atoms with Crippen molar-refractivity contribution in [1.82, 2.24) is 10.4 Å². The highest BCUT2D eigenvalue weighted by Gasteiger charge is 2.17. The van der Waals surface area contributed by atoms with Gasteiger partial charge in [-0.3, -0.25) is 4.79 Å². The quantitative estimate of drug-likeness (QED) is 0.408. The lowest BCUT2D eigenvalue weighted by Crippen LogP contribution is -2.22. The molecular formula is C26H20ClN3O. The third-order valence-corrected chi connectivity index (χ3v) is 5.83. The standard InChI is InChI=1S/C26H20ClN3O/c27-19-14-12-18(13-15-19)25-16-22(21-9-3-4-10-23(21)28-25)26(31)30-29-24-11-5-7-17-6-1-2-8-20(17)24/h1-4,6,8-10,12-16H,5,7,11H2,(H,30,31)/b29-24+. The Morgan fingerprint density at radius 2 is 1.71 bits per heavy atom. The van der Waals surface area contributed by atoms with Crippen LogP contribution in [0.2, 0.25) is 5.02 Å². The normalized spacial score (nSPS) is 14.4. The lowest BCUT2D eigenvalue weighted by molar-refractivity contribution is 0.0956. The number of pyridine rings is 1. The summed E-state index contributed by atoms with van der Waals surface area (Å²) >= 11 is 6.03. The molecule has 1 amide bonds. The molecule has 0 atom stereocenters. The Labute approximate surface area is 185 Å². The third-order valence-electron chi connectivity index (χ3n) is 5.58. The summed E-state index contributed by atoms with van der Waals surface area (Å²) in [5, 5.41) is 5.95. The van der Waals surface area contributed by atoms with Crippen molar-refractivity contribution in [2.75, 3.05) is 0 Å². The SMILES string of the molecule is O=C(N/N=C1\CCCc2ccccc21)c1cc(-c2ccc(Cl)cc2)nc2ccccc12. The molecule has 0 saturated heterocycles. The van der Waals surface area contributed by atoms with Gasteiger partial charge in [0.25, 0.3) is 5.91 Å². The number of nitrogens with one attached hydrogen (secondary N) is 1. The van der Waals surface area contributed by atoms with Gasteiger partial charge in [0.15, 0.2) is 0 Å². The number of nitrogens with zero attached hydrogens (tertiary/aromatic N) is 2. The molecule has 3 aromatic carbocycles. The van der Waals surface area contributed by atoms with Crippen LogP contribution in [0.1, 0.15) is 34.3 Å². The van der Waals surface area contributed by atoms with Crippen LogP contribution in [-0.2, 0) is 6.42 Å². The number of aromatic nitrogens is 1. The molecule has 0 radical (unpaired) electrons. The second-order valence-electron chi connectivity index (χ2n) is 7.59. The summed E-state index contributed by atoms with van der Waals surface area (Å²) in [6.07, 6.45) is 2.93.